The van der Waals surface area contributed by atoms with Gasteiger partial charge in [-0.1, -0.05) is 18.2 Å². The van der Waals surface area contributed by atoms with Gasteiger partial charge in [0.05, 0.1) is 11.5 Å². The monoisotopic (exact) mass is 420 g/mol. The van der Waals surface area contributed by atoms with Gasteiger partial charge in [0.15, 0.2) is 0 Å². The van der Waals surface area contributed by atoms with Gasteiger partial charge in [-0.15, -0.1) is 0 Å². The van der Waals surface area contributed by atoms with E-state index in [1.165, 1.54) is 16.4 Å². The molecule has 1 amide bonds. The van der Waals surface area contributed by atoms with Crippen molar-refractivity contribution >= 4 is 15.9 Å². The number of nitrogens with zero attached hydrogens (tertiary/aromatic N) is 1. The van der Waals surface area contributed by atoms with E-state index >= 15 is 0 Å². The normalized spacial score (nSPS) is 15.8. The number of benzene rings is 2. The van der Waals surface area contributed by atoms with Gasteiger partial charge in [0.2, 0.25) is 15.9 Å². The van der Waals surface area contributed by atoms with Crippen LogP contribution in [0.2, 0.25) is 0 Å². The molecule has 1 heterocycles. The minimum atomic E-state index is -3.68. The first-order valence-electron chi connectivity index (χ1n) is 9.66. The first kappa shape index (κ1) is 21.3. The number of carbonyl (C=O) groups excluding carboxylic acids is 1. The molecular weight excluding hydrogens is 395 g/mol. The Bertz CT molecular complexity index is 939. The largest absolute Gasteiger partial charge is 0.494 e. The summed E-state index contributed by atoms with van der Waals surface area (Å²) in [6.07, 6.45) is 0.888. The van der Waals surface area contributed by atoms with Crippen molar-refractivity contribution in [3.05, 3.63) is 59.9 Å². The van der Waals surface area contributed by atoms with Crippen LogP contribution >= 0.6 is 0 Å². The minimum absolute atomic E-state index is 0.0642. The molecule has 0 atom stereocenters. The van der Waals surface area contributed by atoms with E-state index in [0.29, 0.717) is 26.0 Å². The van der Waals surface area contributed by atoms with Crippen molar-refractivity contribution < 1.29 is 22.3 Å². The minimum Gasteiger partial charge on any atom is -0.494 e. The van der Waals surface area contributed by atoms with Gasteiger partial charge < -0.3 is 10.1 Å². The Balaban J connectivity index is 1.55. The maximum absolute atomic E-state index is 13.1. The molecular formula is C21H25FN2O4S. The third-order valence-electron chi connectivity index (χ3n) is 5.00. The molecule has 3 rings (SSSR count). The van der Waals surface area contributed by atoms with Crippen LogP contribution < -0.4 is 10.1 Å². The number of rotatable bonds is 7. The number of piperidine rings is 1. The Morgan fingerprint density at radius 3 is 2.45 bits per heavy atom. The molecule has 0 unspecified atom stereocenters. The molecule has 0 aliphatic carbocycles. The number of halogens is 1. The van der Waals surface area contributed by atoms with Crippen LogP contribution in [-0.2, 0) is 21.4 Å². The van der Waals surface area contributed by atoms with Crippen molar-refractivity contribution in [3.63, 3.8) is 0 Å². The highest BCUT2D eigenvalue weighted by Gasteiger charge is 2.32. The van der Waals surface area contributed by atoms with E-state index in [9.17, 15) is 17.6 Å². The predicted octanol–water partition coefficient (Wildman–Crippen LogP) is 2.94. The van der Waals surface area contributed by atoms with Crippen LogP contribution in [0.5, 0.6) is 5.75 Å². The SMILES string of the molecule is CCOc1ccccc1CNC(=O)C1CCN(S(=O)(=O)c2ccc(F)cc2)CC1. The average molecular weight is 421 g/mol. The fraction of sp³-hybridized carbons (Fsp3) is 0.381. The first-order valence-corrected chi connectivity index (χ1v) is 11.1. The Kier molecular flexibility index (Phi) is 6.87. The van der Waals surface area contributed by atoms with Crippen molar-refractivity contribution in [2.24, 2.45) is 5.92 Å². The van der Waals surface area contributed by atoms with Gasteiger partial charge in [0, 0.05) is 31.1 Å². The zero-order chi connectivity index (χ0) is 20.9. The van der Waals surface area contributed by atoms with E-state index in [0.717, 1.165) is 23.4 Å². The number of hydrogen-bond donors (Lipinski definition) is 1. The number of hydrogen-bond acceptors (Lipinski definition) is 4. The molecule has 1 fully saturated rings. The predicted molar refractivity (Wildman–Crippen MR) is 107 cm³/mol. The maximum Gasteiger partial charge on any atom is 0.243 e. The zero-order valence-electron chi connectivity index (χ0n) is 16.3. The molecule has 0 spiro atoms. The summed E-state index contributed by atoms with van der Waals surface area (Å²) in [6.45, 7) is 3.33. The number of sulfonamides is 1. The first-order chi connectivity index (χ1) is 13.9. The third-order valence-corrected chi connectivity index (χ3v) is 6.91. The number of para-hydroxylation sites is 1. The molecule has 0 saturated carbocycles. The van der Waals surface area contributed by atoms with Gasteiger partial charge in [0.25, 0.3) is 0 Å². The zero-order valence-corrected chi connectivity index (χ0v) is 17.1. The molecule has 0 radical (unpaired) electrons. The third kappa shape index (κ3) is 5.13. The summed E-state index contributed by atoms with van der Waals surface area (Å²) in [6, 6.07) is 12.3. The van der Waals surface area contributed by atoms with E-state index in [1.54, 1.807) is 0 Å². The van der Waals surface area contributed by atoms with E-state index < -0.39 is 15.8 Å². The van der Waals surface area contributed by atoms with Gasteiger partial charge in [-0.05, 0) is 50.1 Å². The van der Waals surface area contributed by atoms with Crippen molar-refractivity contribution in [1.29, 1.82) is 0 Å². The lowest BCUT2D eigenvalue weighted by Gasteiger charge is -2.30. The highest BCUT2D eigenvalue weighted by Crippen LogP contribution is 2.24. The van der Waals surface area contributed by atoms with Gasteiger partial charge in [-0.2, -0.15) is 4.31 Å². The van der Waals surface area contributed by atoms with Gasteiger partial charge in [-0.3, -0.25) is 4.79 Å². The lowest BCUT2D eigenvalue weighted by molar-refractivity contribution is -0.126. The Labute approximate surface area is 170 Å². The molecule has 0 aromatic heterocycles. The van der Waals surface area contributed by atoms with Crippen LogP contribution in [0.3, 0.4) is 0 Å². The fourth-order valence-electron chi connectivity index (χ4n) is 3.39. The Morgan fingerprint density at radius 1 is 1.14 bits per heavy atom. The van der Waals surface area contributed by atoms with Crippen LogP contribution in [0, 0.1) is 11.7 Å². The standard InChI is InChI=1S/C21H25FN2O4S/c1-2-28-20-6-4-3-5-17(20)15-23-21(25)16-11-13-24(14-12-16)29(26,27)19-9-7-18(22)8-10-19/h3-10,16H,2,11-15H2,1H3,(H,23,25). The van der Waals surface area contributed by atoms with Crippen LogP contribution in [0.25, 0.3) is 0 Å². The van der Waals surface area contributed by atoms with E-state index in [-0.39, 0.29) is 29.8 Å². The van der Waals surface area contributed by atoms with Crippen molar-refractivity contribution in [1.82, 2.24) is 9.62 Å². The molecule has 1 aliphatic heterocycles. The highest BCUT2D eigenvalue weighted by molar-refractivity contribution is 7.89. The molecule has 1 aliphatic rings. The van der Waals surface area contributed by atoms with Crippen LogP contribution in [0.4, 0.5) is 4.39 Å². The summed E-state index contributed by atoms with van der Waals surface area (Å²) in [5, 5.41) is 2.93. The summed E-state index contributed by atoms with van der Waals surface area (Å²) >= 11 is 0. The lowest BCUT2D eigenvalue weighted by Crippen LogP contribution is -2.42. The second kappa shape index (κ2) is 9.37. The quantitative estimate of drug-likeness (QED) is 0.747. The summed E-state index contributed by atoms with van der Waals surface area (Å²) in [7, 11) is -3.68. The average Bonchev–Trinajstić information content (AvgIpc) is 2.73. The Morgan fingerprint density at radius 2 is 1.79 bits per heavy atom. The van der Waals surface area contributed by atoms with Crippen LogP contribution in [0.15, 0.2) is 53.4 Å². The summed E-state index contributed by atoms with van der Waals surface area (Å²) in [4.78, 5) is 12.6. The lowest BCUT2D eigenvalue weighted by atomic mass is 9.97. The smallest absolute Gasteiger partial charge is 0.243 e. The van der Waals surface area contributed by atoms with Gasteiger partial charge in [0.1, 0.15) is 11.6 Å². The maximum atomic E-state index is 13.1. The molecule has 8 heteroatoms. The van der Waals surface area contributed by atoms with E-state index in [1.807, 2.05) is 31.2 Å². The summed E-state index contributed by atoms with van der Waals surface area (Å²) in [5.74, 6) is -0.0650. The summed E-state index contributed by atoms with van der Waals surface area (Å²) in [5.41, 5.74) is 0.902. The van der Waals surface area contributed by atoms with Gasteiger partial charge >= 0.3 is 0 Å². The molecule has 29 heavy (non-hydrogen) atoms. The number of amides is 1. The summed E-state index contributed by atoms with van der Waals surface area (Å²) < 4.78 is 45.3. The van der Waals surface area contributed by atoms with Gasteiger partial charge in [-0.25, -0.2) is 12.8 Å². The van der Waals surface area contributed by atoms with E-state index in [4.69, 9.17) is 4.74 Å². The number of ether oxygens (including phenoxy) is 1. The molecule has 1 N–H and O–H groups in total. The van der Waals surface area contributed by atoms with Crippen molar-refractivity contribution in [3.8, 4) is 5.75 Å². The molecule has 156 valence electrons. The Hall–Kier alpha value is -2.45. The fourth-order valence-corrected chi connectivity index (χ4v) is 4.86. The van der Waals surface area contributed by atoms with E-state index in [2.05, 4.69) is 5.32 Å². The highest BCUT2D eigenvalue weighted by atomic mass is 32.2. The van der Waals surface area contributed by atoms with Crippen molar-refractivity contribution in [2.45, 2.75) is 31.2 Å². The topological polar surface area (TPSA) is 75.7 Å². The molecule has 2 aromatic rings. The molecule has 6 nitrogen and oxygen atoms in total. The molecule has 0 bridgehead atoms. The number of carbonyl (C=O) groups is 1. The van der Waals surface area contributed by atoms with Crippen LogP contribution in [-0.4, -0.2) is 38.3 Å². The second-order valence-corrected chi connectivity index (χ2v) is 8.83. The second-order valence-electron chi connectivity index (χ2n) is 6.89. The van der Waals surface area contributed by atoms with Crippen molar-refractivity contribution in [2.75, 3.05) is 19.7 Å². The molecule has 2 aromatic carbocycles. The molecule has 1 saturated heterocycles. The van der Waals surface area contributed by atoms with Crippen LogP contribution in [0.1, 0.15) is 25.3 Å². The number of nitrogens with one attached hydrogen (secondary N) is 1.